The van der Waals surface area contributed by atoms with Gasteiger partial charge in [0.05, 0.1) is 24.9 Å². The van der Waals surface area contributed by atoms with Crippen LogP contribution in [0.25, 0.3) is 0 Å². The Morgan fingerprint density at radius 3 is 3.00 bits per heavy atom. The standard InChI is InChI=1S/C14H17N3O2/c1-3-19-14(18)12-7-16-17(9-12)8-11-5-4-6-13(15)10(11)2/h4-7,9H,3,8,15H2,1-2H3. The summed E-state index contributed by atoms with van der Waals surface area (Å²) in [6, 6.07) is 5.77. The maximum absolute atomic E-state index is 11.5. The first-order valence-electron chi connectivity index (χ1n) is 6.15. The van der Waals surface area contributed by atoms with Crippen LogP contribution in [0, 0.1) is 6.92 Å². The highest BCUT2D eigenvalue weighted by Crippen LogP contribution is 2.16. The molecule has 0 aliphatic heterocycles. The highest BCUT2D eigenvalue weighted by atomic mass is 16.5. The molecule has 2 aromatic rings. The van der Waals surface area contributed by atoms with Gasteiger partial charge in [0.2, 0.25) is 0 Å². The fraction of sp³-hybridized carbons (Fsp3) is 0.286. The second-order valence-electron chi connectivity index (χ2n) is 4.28. The third kappa shape index (κ3) is 2.93. The van der Waals surface area contributed by atoms with Crippen LogP contribution in [0.2, 0.25) is 0 Å². The van der Waals surface area contributed by atoms with Crippen molar-refractivity contribution in [3.05, 3.63) is 47.3 Å². The molecule has 0 amide bonds. The molecule has 5 nitrogen and oxygen atoms in total. The minimum absolute atomic E-state index is 0.349. The quantitative estimate of drug-likeness (QED) is 0.673. The molecule has 2 N–H and O–H groups in total. The largest absolute Gasteiger partial charge is 0.462 e. The number of rotatable bonds is 4. The van der Waals surface area contributed by atoms with Crippen LogP contribution in [0.4, 0.5) is 5.69 Å². The van der Waals surface area contributed by atoms with Crippen molar-refractivity contribution in [1.82, 2.24) is 9.78 Å². The zero-order valence-electron chi connectivity index (χ0n) is 11.1. The first-order chi connectivity index (χ1) is 9.11. The number of benzene rings is 1. The lowest BCUT2D eigenvalue weighted by molar-refractivity contribution is 0.0526. The Labute approximate surface area is 112 Å². The van der Waals surface area contributed by atoms with E-state index in [4.69, 9.17) is 10.5 Å². The average molecular weight is 259 g/mol. The van der Waals surface area contributed by atoms with E-state index < -0.39 is 0 Å². The Morgan fingerprint density at radius 2 is 2.26 bits per heavy atom. The molecule has 0 bridgehead atoms. The molecular weight excluding hydrogens is 242 g/mol. The number of anilines is 1. The number of hydrogen-bond donors (Lipinski definition) is 1. The third-order valence-corrected chi connectivity index (χ3v) is 2.96. The number of nitrogens with zero attached hydrogens (tertiary/aromatic N) is 2. The SMILES string of the molecule is CCOC(=O)c1cnn(Cc2cccc(N)c2C)c1. The van der Waals surface area contributed by atoms with Crippen LogP contribution < -0.4 is 5.73 Å². The summed E-state index contributed by atoms with van der Waals surface area (Å²) in [4.78, 5) is 11.5. The number of hydrogen-bond acceptors (Lipinski definition) is 4. The Hall–Kier alpha value is -2.30. The number of aromatic nitrogens is 2. The van der Waals surface area contributed by atoms with Crippen molar-refractivity contribution in [3.8, 4) is 0 Å². The molecule has 0 aliphatic carbocycles. The molecule has 0 aliphatic rings. The van der Waals surface area contributed by atoms with Crippen LogP contribution in [-0.2, 0) is 11.3 Å². The van der Waals surface area contributed by atoms with Gasteiger partial charge in [-0.05, 0) is 31.0 Å². The van der Waals surface area contributed by atoms with Crippen LogP contribution in [0.15, 0.2) is 30.6 Å². The van der Waals surface area contributed by atoms with E-state index in [1.165, 1.54) is 6.20 Å². The summed E-state index contributed by atoms with van der Waals surface area (Å²) < 4.78 is 6.62. The predicted molar refractivity (Wildman–Crippen MR) is 72.9 cm³/mol. The van der Waals surface area contributed by atoms with Crippen molar-refractivity contribution in [3.63, 3.8) is 0 Å². The molecule has 5 heteroatoms. The van der Waals surface area contributed by atoms with Crippen molar-refractivity contribution in [2.45, 2.75) is 20.4 Å². The normalized spacial score (nSPS) is 10.4. The summed E-state index contributed by atoms with van der Waals surface area (Å²) in [6.07, 6.45) is 3.19. The Morgan fingerprint density at radius 1 is 1.47 bits per heavy atom. The summed E-state index contributed by atoms with van der Waals surface area (Å²) in [5.41, 5.74) is 9.20. The second kappa shape index (κ2) is 5.56. The molecule has 0 atom stereocenters. The number of nitrogen functional groups attached to an aromatic ring is 1. The zero-order valence-corrected chi connectivity index (χ0v) is 11.1. The van der Waals surface area contributed by atoms with E-state index in [0.717, 1.165) is 16.8 Å². The number of ether oxygens (including phenoxy) is 1. The lowest BCUT2D eigenvalue weighted by atomic mass is 10.1. The van der Waals surface area contributed by atoms with E-state index in [1.807, 2.05) is 25.1 Å². The molecule has 1 aromatic carbocycles. The highest BCUT2D eigenvalue weighted by Gasteiger charge is 2.10. The van der Waals surface area contributed by atoms with Crippen LogP contribution in [0.5, 0.6) is 0 Å². The Bertz CT molecular complexity index is 590. The van der Waals surface area contributed by atoms with Gasteiger partial charge in [0.1, 0.15) is 0 Å². The van der Waals surface area contributed by atoms with Gasteiger partial charge >= 0.3 is 5.97 Å². The van der Waals surface area contributed by atoms with Gasteiger partial charge in [-0.25, -0.2) is 4.79 Å². The van der Waals surface area contributed by atoms with Gasteiger partial charge in [-0.1, -0.05) is 12.1 Å². The van der Waals surface area contributed by atoms with Gasteiger partial charge in [-0.15, -0.1) is 0 Å². The minimum atomic E-state index is -0.349. The number of carbonyl (C=O) groups excluding carboxylic acids is 1. The summed E-state index contributed by atoms with van der Waals surface area (Å²) >= 11 is 0. The van der Waals surface area contributed by atoms with Crippen molar-refractivity contribution in [2.24, 2.45) is 0 Å². The maximum atomic E-state index is 11.5. The summed E-state index contributed by atoms with van der Waals surface area (Å²) in [5.74, 6) is -0.349. The van der Waals surface area contributed by atoms with E-state index in [-0.39, 0.29) is 5.97 Å². The Balaban J connectivity index is 2.16. The van der Waals surface area contributed by atoms with E-state index >= 15 is 0 Å². The van der Waals surface area contributed by atoms with Gasteiger partial charge in [-0.2, -0.15) is 5.10 Å². The fourth-order valence-corrected chi connectivity index (χ4v) is 1.82. The van der Waals surface area contributed by atoms with Gasteiger partial charge in [0, 0.05) is 11.9 Å². The number of carbonyl (C=O) groups is 1. The summed E-state index contributed by atoms with van der Waals surface area (Å²) in [6.45, 7) is 4.69. The molecule has 0 unspecified atom stereocenters. The maximum Gasteiger partial charge on any atom is 0.341 e. The third-order valence-electron chi connectivity index (χ3n) is 2.96. The average Bonchev–Trinajstić information content (AvgIpc) is 2.84. The molecule has 2 rings (SSSR count). The van der Waals surface area contributed by atoms with Crippen molar-refractivity contribution >= 4 is 11.7 Å². The smallest absolute Gasteiger partial charge is 0.341 e. The molecular formula is C14H17N3O2. The second-order valence-corrected chi connectivity index (χ2v) is 4.28. The first-order valence-corrected chi connectivity index (χ1v) is 6.15. The fourth-order valence-electron chi connectivity index (χ4n) is 1.82. The van der Waals surface area contributed by atoms with Gasteiger partial charge in [0.25, 0.3) is 0 Å². The minimum Gasteiger partial charge on any atom is -0.462 e. The highest BCUT2D eigenvalue weighted by molar-refractivity contribution is 5.88. The monoisotopic (exact) mass is 259 g/mol. The molecule has 0 radical (unpaired) electrons. The van der Waals surface area contributed by atoms with E-state index in [1.54, 1.807) is 17.8 Å². The molecule has 19 heavy (non-hydrogen) atoms. The summed E-state index contributed by atoms with van der Waals surface area (Å²) in [5, 5.41) is 4.16. The molecule has 0 saturated carbocycles. The van der Waals surface area contributed by atoms with E-state index in [0.29, 0.717) is 18.7 Å². The van der Waals surface area contributed by atoms with Gasteiger partial charge < -0.3 is 10.5 Å². The Kier molecular flexibility index (Phi) is 3.85. The van der Waals surface area contributed by atoms with Crippen LogP contribution in [0.1, 0.15) is 28.4 Å². The lowest BCUT2D eigenvalue weighted by Crippen LogP contribution is -2.05. The zero-order chi connectivity index (χ0) is 13.8. The van der Waals surface area contributed by atoms with E-state index in [2.05, 4.69) is 5.10 Å². The molecule has 100 valence electrons. The first kappa shape index (κ1) is 13.1. The molecule has 0 fully saturated rings. The molecule has 1 heterocycles. The number of esters is 1. The molecule has 0 spiro atoms. The van der Waals surface area contributed by atoms with Crippen LogP contribution in [0.3, 0.4) is 0 Å². The number of nitrogens with two attached hydrogens (primary N) is 1. The van der Waals surface area contributed by atoms with Gasteiger partial charge in [-0.3, -0.25) is 4.68 Å². The van der Waals surface area contributed by atoms with Crippen molar-refractivity contribution in [2.75, 3.05) is 12.3 Å². The molecule has 0 saturated heterocycles. The lowest BCUT2D eigenvalue weighted by Gasteiger charge is -2.08. The predicted octanol–water partition coefficient (Wildman–Crippen LogP) is 2.00. The van der Waals surface area contributed by atoms with Crippen molar-refractivity contribution < 1.29 is 9.53 Å². The van der Waals surface area contributed by atoms with Crippen molar-refractivity contribution in [1.29, 1.82) is 0 Å². The van der Waals surface area contributed by atoms with E-state index in [9.17, 15) is 4.79 Å². The van der Waals surface area contributed by atoms with Crippen LogP contribution in [-0.4, -0.2) is 22.4 Å². The molecule has 1 aromatic heterocycles. The van der Waals surface area contributed by atoms with Gasteiger partial charge in [0.15, 0.2) is 0 Å². The van der Waals surface area contributed by atoms with Crippen LogP contribution >= 0.6 is 0 Å². The topological polar surface area (TPSA) is 70.1 Å². The summed E-state index contributed by atoms with van der Waals surface area (Å²) in [7, 11) is 0.